The number of rotatable bonds is 8. The molecular weight excluding hydrogens is 373 g/mol. The van der Waals surface area contributed by atoms with Crippen LogP contribution in [0.4, 0.5) is 8.68 Å². The highest BCUT2D eigenvalue weighted by molar-refractivity contribution is 7.89. The Balaban J connectivity index is 2.92. The number of hydrogen-bond acceptors (Lipinski definition) is 6. The third kappa shape index (κ3) is 8.51. The average Bonchev–Trinajstić information content (AvgIpc) is 2.53. The SMILES string of the molecule is COC(=O)C(C)(C)CC(Cc1ccc(OSF)cc1)NC(=O)OC(C)(C)C. The van der Waals surface area contributed by atoms with Crippen LogP contribution in [-0.4, -0.2) is 30.8 Å². The van der Waals surface area contributed by atoms with Crippen molar-refractivity contribution in [1.29, 1.82) is 0 Å². The number of amides is 1. The van der Waals surface area contributed by atoms with Gasteiger partial charge in [-0.2, -0.15) is 0 Å². The molecule has 0 aromatic heterocycles. The normalized spacial score (nSPS) is 12.9. The van der Waals surface area contributed by atoms with Crippen molar-refractivity contribution in [2.45, 2.75) is 59.1 Å². The van der Waals surface area contributed by atoms with Crippen LogP contribution in [0, 0.1) is 5.41 Å². The number of alkyl carbamates (subject to hydrolysis) is 1. The molecule has 1 aromatic rings. The smallest absolute Gasteiger partial charge is 0.407 e. The molecule has 0 aliphatic carbocycles. The maximum Gasteiger partial charge on any atom is 0.407 e. The summed E-state index contributed by atoms with van der Waals surface area (Å²) in [6.45, 7) is 8.86. The highest BCUT2D eigenvalue weighted by Gasteiger charge is 2.33. The Morgan fingerprint density at radius 1 is 1.15 bits per heavy atom. The van der Waals surface area contributed by atoms with E-state index in [4.69, 9.17) is 13.7 Å². The van der Waals surface area contributed by atoms with Gasteiger partial charge in [0.2, 0.25) is 0 Å². The zero-order valence-corrected chi connectivity index (χ0v) is 17.4. The zero-order valence-electron chi connectivity index (χ0n) is 16.6. The summed E-state index contributed by atoms with van der Waals surface area (Å²) in [4.78, 5) is 24.2. The molecule has 1 unspecified atom stereocenters. The van der Waals surface area contributed by atoms with Crippen LogP contribution >= 0.6 is 12.4 Å². The zero-order chi connectivity index (χ0) is 20.7. The molecule has 1 rings (SSSR count). The van der Waals surface area contributed by atoms with Crippen LogP contribution < -0.4 is 9.50 Å². The molecule has 8 heteroatoms. The van der Waals surface area contributed by atoms with E-state index in [9.17, 15) is 13.5 Å². The standard InChI is InChI=1S/C19H28FNO5S/c1-18(2,3)25-17(23)21-14(12-19(4,5)16(22)24-6)11-13-7-9-15(10-8-13)26-27-20/h7-10,14H,11-12H2,1-6H3,(H,21,23). The summed E-state index contributed by atoms with van der Waals surface area (Å²) in [5.74, 6) is 0.0278. The molecule has 0 fully saturated rings. The van der Waals surface area contributed by atoms with Crippen molar-refractivity contribution in [3.05, 3.63) is 29.8 Å². The van der Waals surface area contributed by atoms with Crippen molar-refractivity contribution in [2.24, 2.45) is 5.41 Å². The van der Waals surface area contributed by atoms with Gasteiger partial charge in [-0.05, 0) is 65.2 Å². The van der Waals surface area contributed by atoms with Crippen LogP contribution in [0.2, 0.25) is 0 Å². The Morgan fingerprint density at radius 2 is 1.74 bits per heavy atom. The molecule has 1 aromatic carbocycles. The number of carbonyl (C=O) groups is 2. The molecule has 152 valence electrons. The fourth-order valence-electron chi connectivity index (χ4n) is 2.63. The number of nitrogens with one attached hydrogen (secondary N) is 1. The fourth-order valence-corrected chi connectivity index (χ4v) is 2.81. The first kappa shape index (κ1) is 23.1. The average molecular weight is 402 g/mol. The lowest BCUT2D eigenvalue weighted by Crippen LogP contribution is -2.44. The molecule has 0 aliphatic heterocycles. The number of ether oxygens (including phenoxy) is 2. The Kier molecular flexibility index (Phi) is 8.40. The summed E-state index contributed by atoms with van der Waals surface area (Å²) in [5.41, 5.74) is -0.523. The van der Waals surface area contributed by atoms with Gasteiger partial charge in [0.1, 0.15) is 11.4 Å². The summed E-state index contributed by atoms with van der Waals surface area (Å²) >= 11 is -0.223. The lowest BCUT2D eigenvalue weighted by atomic mass is 9.84. The second kappa shape index (κ2) is 9.82. The van der Waals surface area contributed by atoms with Crippen molar-refractivity contribution >= 4 is 24.5 Å². The van der Waals surface area contributed by atoms with Crippen LogP contribution in [0.5, 0.6) is 5.75 Å². The van der Waals surface area contributed by atoms with Crippen LogP contribution in [0.3, 0.4) is 0 Å². The molecule has 1 atom stereocenters. The Bertz CT molecular complexity index is 628. The first-order valence-corrected chi connectivity index (χ1v) is 9.23. The highest BCUT2D eigenvalue weighted by atomic mass is 32.2. The predicted molar refractivity (Wildman–Crippen MR) is 103 cm³/mol. The number of esters is 1. The van der Waals surface area contributed by atoms with Gasteiger partial charge in [0.25, 0.3) is 12.4 Å². The summed E-state index contributed by atoms with van der Waals surface area (Å²) in [5, 5.41) is 2.83. The van der Waals surface area contributed by atoms with Gasteiger partial charge in [-0.1, -0.05) is 12.1 Å². The Hall–Kier alpha value is -1.96. The van der Waals surface area contributed by atoms with E-state index in [0.717, 1.165) is 5.56 Å². The second-order valence-electron chi connectivity index (χ2n) is 7.92. The van der Waals surface area contributed by atoms with Gasteiger partial charge in [0, 0.05) is 6.04 Å². The first-order valence-electron chi connectivity index (χ1n) is 8.59. The van der Waals surface area contributed by atoms with E-state index in [1.807, 2.05) is 0 Å². The minimum atomic E-state index is -0.789. The lowest BCUT2D eigenvalue weighted by Gasteiger charge is -2.29. The summed E-state index contributed by atoms with van der Waals surface area (Å²) < 4.78 is 27.0. The van der Waals surface area contributed by atoms with E-state index < -0.39 is 17.1 Å². The van der Waals surface area contributed by atoms with Gasteiger partial charge >= 0.3 is 12.1 Å². The first-order chi connectivity index (χ1) is 12.5. The van der Waals surface area contributed by atoms with Crippen molar-refractivity contribution in [2.75, 3.05) is 7.11 Å². The highest BCUT2D eigenvalue weighted by Crippen LogP contribution is 2.26. The molecule has 6 nitrogen and oxygen atoms in total. The van der Waals surface area contributed by atoms with E-state index in [1.165, 1.54) is 7.11 Å². The molecule has 0 saturated heterocycles. The predicted octanol–water partition coefficient (Wildman–Crippen LogP) is 4.62. The van der Waals surface area contributed by atoms with Crippen molar-refractivity contribution in [1.82, 2.24) is 5.32 Å². The van der Waals surface area contributed by atoms with Crippen LogP contribution in [0.1, 0.15) is 46.6 Å². The van der Waals surface area contributed by atoms with Crippen molar-refractivity contribution < 1.29 is 27.1 Å². The van der Waals surface area contributed by atoms with Crippen LogP contribution in [0.15, 0.2) is 24.3 Å². The van der Waals surface area contributed by atoms with Gasteiger partial charge in [0.15, 0.2) is 0 Å². The molecular formula is C19H28FNO5S. The molecule has 0 heterocycles. The fraction of sp³-hybridized carbons (Fsp3) is 0.579. The minimum Gasteiger partial charge on any atom is -0.469 e. The van der Waals surface area contributed by atoms with Gasteiger partial charge in [0.05, 0.1) is 12.5 Å². The van der Waals surface area contributed by atoms with E-state index >= 15 is 0 Å². The number of benzene rings is 1. The van der Waals surface area contributed by atoms with Gasteiger partial charge in [-0.15, -0.1) is 3.89 Å². The van der Waals surface area contributed by atoms with E-state index in [2.05, 4.69) is 5.32 Å². The molecule has 0 aliphatic rings. The summed E-state index contributed by atoms with van der Waals surface area (Å²) in [7, 11) is 1.34. The van der Waals surface area contributed by atoms with Crippen LogP contribution in [-0.2, 0) is 20.7 Å². The Labute approximate surface area is 164 Å². The molecule has 0 spiro atoms. The van der Waals surface area contributed by atoms with E-state index in [-0.39, 0.29) is 24.4 Å². The quantitative estimate of drug-likeness (QED) is 0.506. The maximum absolute atomic E-state index is 12.2. The molecule has 0 bridgehead atoms. The van der Waals surface area contributed by atoms with E-state index in [1.54, 1.807) is 58.9 Å². The van der Waals surface area contributed by atoms with Gasteiger partial charge < -0.3 is 19.0 Å². The second-order valence-corrected chi connectivity index (χ2v) is 8.21. The van der Waals surface area contributed by atoms with Gasteiger partial charge in [-0.25, -0.2) is 4.79 Å². The molecule has 1 N–H and O–H groups in total. The van der Waals surface area contributed by atoms with Gasteiger partial charge in [-0.3, -0.25) is 4.79 Å². The third-order valence-corrected chi connectivity index (χ3v) is 4.00. The lowest BCUT2D eigenvalue weighted by molar-refractivity contribution is -0.151. The monoisotopic (exact) mass is 401 g/mol. The van der Waals surface area contributed by atoms with Crippen LogP contribution in [0.25, 0.3) is 0 Å². The molecule has 27 heavy (non-hydrogen) atoms. The Morgan fingerprint density at radius 3 is 2.22 bits per heavy atom. The maximum atomic E-state index is 12.2. The summed E-state index contributed by atoms with van der Waals surface area (Å²) in [6.07, 6.45) is 0.266. The minimum absolute atomic E-state index is 0.223. The topological polar surface area (TPSA) is 73.9 Å². The third-order valence-electron chi connectivity index (χ3n) is 3.75. The molecule has 1 amide bonds. The number of carbonyl (C=O) groups excluding carboxylic acids is 2. The number of hydrogen-bond donors (Lipinski definition) is 1. The summed E-state index contributed by atoms with van der Waals surface area (Å²) in [6, 6.07) is 6.47. The molecule has 0 saturated carbocycles. The largest absolute Gasteiger partial charge is 0.469 e. The molecule has 0 radical (unpaired) electrons. The number of methoxy groups -OCH3 is 1. The van der Waals surface area contributed by atoms with Crippen molar-refractivity contribution in [3.8, 4) is 5.75 Å². The van der Waals surface area contributed by atoms with E-state index in [0.29, 0.717) is 18.6 Å². The number of halogens is 1. The van der Waals surface area contributed by atoms with Crippen molar-refractivity contribution in [3.63, 3.8) is 0 Å².